The molecule has 6 nitrogen and oxygen atoms in total. The number of aryl methyl sites for hydroxylation is 2. The molecule has 0 radical (unpaired) electrons. The first kappa shape index (κ1) is 18.3. The van der Waals surface area contributed by atoms with Crippen molar-refractivity contribution in [2.24, 2.45) is 0 Å². The molecular formula is C21H19N3O3S2. The highest BCUT2D eigenvalue weighted by molar-refractivity contribution is 7.16. The highest BCUT2D eigenvalue weighted by atomic mass is 32.1. The molecular weight excluding hydrogens is 406 g/mol. The summed E-state index contributed by atoms with van der Waals surface area (Å²) in [6, 6.07) is 5.76. The van der Waals surface area contributed by atoms with E-state index in [1.54, 1.807) is 41.1 Å². The third kappa shape index (κ3) is 3.54. The Morgan fingerprint density at radius 2 is 2.21 bits per heavy atom. The van der Waals surface area contributed by atoms with Crippen molar-refractivity contribution in [2.75, 3.05) is 6.54 Å². The summed E-state index contributed by atoms with van der Waals surface area (Å²) >= 11 is 3.45. The Kier molecular flexibility index (Phi) is 4.60. The lowest BCUT2D eigenvalue weighted by atomic mass is 10.1. The minimum atomic E-state index is 0.0651. The minimum absolute atomic E-state index is 0.0651. The number of aromatic nitrogens is 2. The fourth-order valence-electron chi connectivity index (χ4n) is 3.50. The Morgan fingerprint density at radius 3 is 2.97 bits per heavy atom. The van der Waals surface area contributed by atoms with Crippen LogP contribution in [0.2, 0.25) is 0 Å². The van der Waals surface area contributed by atoms with Crippen molar-refractivity contribution in [3.05, 3.63) is 56.7 Å². The maximum atomic E-state index is 12.9. The summed E-state index contributed by atoms with van der Waals surface area (Å²) in [4.78, 5) is 26.4. The second-order valence-electron chi connectivity index (χ2n) is 7.05. The fourth-order valence-corrected chi connectivity index (χ4v) is 5.31. The number of nitrogens with zero attached hydrogens (tertiary/aromatic N) is 3. The first-order valence-corrected chi connectivity index (χ1v) is 11.1. The second kappa shape index (κ2) is 7.27. The van der Waals surface area contributed by atoms with Crippen molar-refractivity contribution in [1.29, 1.82) is 0 Å². The Labute approximate surface area is 175 Å². The van der Waals surface area contributed by atoms with E-state index in [0.717, 1.165) is 23.7 Å². The Hall–Kier alpha value is -2.71. The zero-order valence-corrected chi connectivity index (χ0v) is 17.7. The maximum absolute atomic E-state index is 12.9. The standard InChI is InChI=1S/C21H19N3O3S2/c1-12-15(23-21(27-12)17-4-3-7-26-17)9-20(25)24-6-5-18-14(10-24)8-19(29-18)16-11-28-13(2)22-16/h3-4,7-8,11H,5-6,9-10H2,1-2H3. The van der Waals surface area contributed by atoms with Crippen molar-refractivity contribution in [2.45, 2.75) is 33.2 Å². The lowest BCUT2D eigenvalue weighted by Gasteiger charge is -2.26. The lowest BCUT2D eigenvalue weighted by Crippen LogP contribution is -2.36. The van der Waals surface area contributed by atoms with Crippen molar-refractivity contribution >= 4 is 28.6 Å². The highest BCUT2D eigenvalue weighted by Gasteiger charge is 2.25. The molecule has 5 heterocycles. The van der Waals surface area contributed by atoms with E-state index in [1.807, 2.05) is 18.7 Å². The molecule has 8 heteroatoms. The summed E-state index contributed by atoms with van der Waals surface area (Å²) in [6.07, 6.45) is 2.69. The molecule has 148 valence electrons. The van der Waals surface area contributed by atoms with Crippen LogP contribution in [0.15, 0.2) is 38.7 Å². The predicted octanol–water partition coefficient (Wildman–Crippen LogP) is 4.86. The lowest BCUT2D eigenvalue weighted by molar-refractivity contribution is -0.131. The number of amides is 1. The molecule has 29 heavy (non-hydrogen) atoms. The third-order valence-electron chi connectivity index (χ3n) is 5.03. The summed E-state index contributed by atoms with van der Waals surface area (Å²) in [6.45, 7) is 5.21. The van der Waals surface area contributed by atoms with E-state index in [4.69, 9.17) is 8.83 Å². The van der Waals surface area contributed by atoms with Crippen molar-refractivity contribution in [3.63, 3.8) is 0 Å². The van der Waals surface area contributed by atoms with Crippen LogP contribution in [0.5, 0.6) is 0 Å². The molecule has 0 atom stereocenters. The monoisotopic (exact) mass is 425 g/mol. The van der Waals surface area contributed by atoms with Gasteiger partial charge in [0.25, 0.3) is 5.89 Å². The van der Waals surface area contributed by atoms with Gasteiger partial charge < -0.3 is 13.7 Å². The molecule has 1 amide bonds. The predicted molar refractivity (Wildman–Crippen MR) is 112 cm³/mol. The number of hydrogen-bond donors (Lipinski definition) is 0. The number of carbonyl (C=O) groups excluding carboxylic acids is 1. The van der Waals surface area contributed by atoms with E-state index in [1.165, 1.54) is 15.3 Å². The number of thiazole rings is 1. The van der Waals surface area contributed by atoms with Gasteiger partial charge in [-0.25, -0.2) is 9.97 Å². The summed E-state index contributed by atoms with van der Waals surface area (Å²) in [5, 5.41) is 3.17. The second-order valence-corrected chi connectivity index (χ2v) is 9.25. The summed E-state index contributed by atoms with van der Waals surface area (Å²) in [7, 11) is 0. The normalized spacial score (nSPS) is 13.7. The minimum Gasteiger partial charge on any atom is -0.459 e. The molecule has 0 saturated carbocycles. The fraction of sp³-hybridized carbons (Fsp3) is 0.286. The van der Waals surface area contributed by atoms with Gasteiger partial charge in [-0.05, 0) is 44.0 Å². The Morgan fingerprint density at radius 1 is 1.31 bits per heavy atom. The number of fused-ring (bicyclic) bond motifs is 1. The van der Waals surface area contributed by atoms with Gasteiger partial charge in [-0.1, -0.05) is 0 Å². The van der Waals surface area contributed by atoms with Crippen LogP contribution in [-0.2, 0) is 24.2 Å². The van der Waals surface area contributed by atoms with Gasteiger partial charge >= 0.3 is 0 Å². The Bertz CT molecular complexity index is 1170. The molecule has 0 spiro atoms. The highest BCUT2D eigenvalue weighted by Crippen LogP contribution is 2.35. The molecule has 0 bridgehead atoms. The van der Waals surface area contributed by atoms with E-state index in [-0.39, 0.29) is 12.3 Å². The molecule has 0 aromatic carbocycles. The zero-order valence-electron chi connectivity index (χ0n) is 16.1. The number of rotatable bonds is 4. The van der Waals surface area contributed by atoms with Crippen molar-refractivity contribution in [3.8, 4) is 22.2 Å². The van der Waals surface area contributed by atoms with Crippen LogP contribution in [-0.4, -0.2) is 27.3 Å². The van der Waals surface area contributed by atoms with Crippen molar-refractivity contribution in [1.82, 2.24) is 14.9 Å². The number of thiophene rings is 1. The number of carbonyl (C=O) groups is 1. The van der Waals surface area contributed by atoms with Crippen LogP contribution in [0, 0.1) is 13.8 Å². The topological polar surface area (TPSA) is 72.4 Å². The van der Waals surface area contributed by atoms with Gasteiger partial charge in [0, 0.05) is 23.3 Å². The summed E-state index contributed by atoms with van der Waals surface area (Å²) < 4.78 is 11.0. The first-order chi connectivity index (χ1) is 14.1. The first-order valence-electron chi connectivity index (χ1n) is 9.39. The molecule has 0 aliphatic carbocycles. The van der Waals surface area contributed by atoms with Crippen LogP contribution >= 0.6 is 22.7 Å². The van der Waals surface area contributed by atoms with Gasteiger partial charge in [-0.2, -0.15) is 0 Å². The van der Waals surface area contributed by atoms with E-state index < -0.39 is 0 Å². The number of furan rings is 1. The van der Waals surface area contributed by atoms with Gasteiger partial charge in [0.1, 0.15) is 5.76 Å². The van der Waals surface area contributed by atoms with Gasteiger partial charge in [0.05, 0.1) is 34.0 Å². The molecule has 1 aliphatic rings. The van der Waals surface area contributed by atoms with Crippen LogP contribution < -0.4 is 0 Å². The van der Waals surface area contributed by atoms with E-state index >= 15 is 0 Å². The van der Waals surface area contributed by atoms with Gasteiger partial charge in [-0.3, -0.25) is 4.79 Å². The number of hydrogen-bond acceptors (Lipinski definition) is 7. The Balaban J connectivity index is 1.30. The average Bonchev–Trinajstić information content (AvgIpc) is 3.48. The molecule has 4 aromatic rings. The molecule has 4 aromatic heterocycles. The van der Waals surface area contributed by atoms with E-state index in [2.05, 4.69) is 21.4 Å². The summed E-state index contributed by atoms with van der Waals surface area (Å²) in [5.41, 5.74) is 2.92. The van der Waals surface area contributed by atoms with Gasteiger partial charge in [0.2, 0.25) is 5.91 Å². The SMILES string of the molecule is Cc1nc(-c2cc3c(s2)CCN(C(=O)Cc2nc(-c4ccco4)oc2C)C3)cs1. The number of oxazole rings is 1. The van der Waals surface area contributed by atoms with Crippen LogP contribution in [0.3, 0.4) is 0 Å². The molecule has 0 unspecified atom stereocenters. The molecule has 5 rings (SSSR count). The molecule has 0 saturated heterocycles. The smallest absolute Gasteiger partial charge is 0.263 e. The van der Waals surface area contributed by atoms with Crippen molar-refractivity contribution < 1.29 is 13.6 Å². The van der Waals surface area contributed by atoms with Gasteiger partial charge in [0.15, 0.2) is 5.76 Å². The third-order valence-corrected chi connectivity index (χ3v) is 7.07. The average molecular weight is 426 g/mol. The summed E-state index contributed by atoms with van der Waals surface area (Å²) in [5.74, 6) is 1.70. The maximum Gasteiger partial charge on any atom is 0.263 e. The van der Waals surface area contributed by atoms with E-state index in [0.29, 0.717) is 29.6 Å². The van der Waals surface area contributed by atoms with Crippen LogP contribution in [0.4, 0.5) is 0 Å². The van der Waals surface area contributed by atoms with Crippen LogP contribution in [0.25, 0.3) is 22.2 Å². The molecule has 1 aliphatic heterocycles. The largest absolute Gasteiger partial charge is 0.459 e. The van der Waals surface area contributed by atoms with E-state index in [9.17, 15) is 4.79 Å². The quantitative estimate of drug-likeness (QED) is 0.467. The molecule has 0 fully saturated rings. The van der Waals surface area contributed by atoms with Crippen LogP contribution in [0.1, 0.15) is 26.9 Å². The van der Waals surface area contributed by atoms with Gasteiger partial charge in [-0.15, -0.1) is 22.7 Å². The zero-order chi connectivity index (χ0) is 20.0. The molecule has 0 N–H and O–H groups in total.